The Morgan fingerprint density at radius 2 is 2.05 bits per heavy atom. The average Bonchev–Trinajstić information content (AvgIpc) is 2.74. The van der Waals surface area contributed by atoms with Gasteiger partial charge in [-0.3, -0.25) is 0 Å². The number of benzene rings is 1. The minimum absolute atomic E-state index is 0.0501. The normalized spacial score (nSPS) is 12.2. The Morgan fingerprint density at radius 3 is 2.74 bits per heavy atom. The third kappa shape index (κ3) is 3.14. The van der Waals surface area contributed by atoms with Crippen LogP contribution in [-0.4, -0.2) is 28.8 Å². The Bertz CT molecular complexity index is 545. The third-order valence-corrected chi connectivity index (χ3v) is 3.28. The zero-order valence-electron chi connectivity index (χ0n) is 12.2. The molecule has 0 bridgehead atoms. The first kappa shape index (κ1) is 14.0. The molecule has 4 nitrogen and oxygen atoms in total. The molecule has 0 aliphatic heterocycles. The second-order valence-corrected chi connectivity index (χ2v) is 5.43. The summed E-state index contributed by atoms with van der Waals surface area (Å²) in [7, 11) is 1.73. The molecule has 0 amide bonds. The van der Waals surface area contributed by atoms with Gasteiger partial charge in [0.2, 0.25) is 0 Å². The van der Waals surface area contributed by atoms with Crippen LogP contribution in [0.25, 0.3) is 11.0 Å². The number of aryl methyl sites for hydroxylation is 1. The molecule has 2 rings (SSSR count). The van der Waals surface area contributed by atoms with E-state index in [-0.39, 0.29) is 5.54 Å². The molecule has 104 valence electrons. The standard InChI is InChI=1S/C15H23N3O/c1-5-18-13-9-7-6-8-12(13)17-14(18)10-16-15(2,3)11-19-4/h6-9,16H,5,10-11H2,1-4H3. The van der Waals surface area contributed by atoms with Crippen LogP contribution in [0.2, 0.25) is 0 Å². The van der Waals surface area contributed by atoms with Crippen LogP contribution in [-0.2, 0) is 17.8 Å². The van der Waals surface area contributed by atoms with E-state index in [0.29, 0.717) is 6.61 Å². The van der Waals surface area contributed by atoms with Crippen molar-refractivity contribution in [3.8, 4) is 0 Å². The molecular formula is C15H23N3O. The highest BCUT2D eigenvalue weighted by atomic mass is 16.5. The van der Waals surface area contributed by atoms with Gasteiger partial charge < -0.3 is 14.6 Å². The maximum atomic E-state index is 5.22. The molecule has 0 spiro atoms. The summed E-state index contributed by atoms with van der Waals surface area (Å²) in [6.07, 6.45) is 0. The SMILES string of the molecule is CCn1c(CNC(C)(C)COC)nc2ccccc21. The number of methoxy groups -OCH3 is 1. The summed E-state index contributed by atoms with van der Waals surface area (Å²) in [5.41, 5.74) is 2.21. The van der Waals surface area contributed by atoms with Crippen molar-refractivity contribution in [1.29, 1.82) is 0 Å². The van der Waals surface area contributed by atoms with Gasteiger partial charge in [-0.15, -0.1) is 0 Å². The molecule has 0 radical (unpaired) electrons. The number of hydrogen-bond donors (Lipinski definition) is 1. The maximum Gasteiger partial charge on any atom is 0.123 e. The Kier molecular flexibility index (Phi) is 4.22. The predicted octanol–water partition coefficient (Wildman–Crippen LogP) is 2.57. The van der Waals surface area contributed by atoms with E-state index in [4.69, 9.17) is 9.72 Å². The molecule has 0 aliphatic carbocycles. The monoisotopic (exact) mass is 261 g/mol. The molecule has 19 heavy (non-hydrogen) atoms. The number of rotatable bonds is 6. The lowest BCUT2D eigenvalue weighted by atomic mass is 10.1. The highest BCUT2D eigenvalue weighted by Crippen LogP contribution is 2.16. The van der Waals surface area contributed by atoms with Gasteiger partial charge in [-0.05, 0) is 32.9 Å². The van der Waals surface area contributed by atoms with Crippen molar-refractivity contribution in [3.05, 3.63) is 30.1 Å². The van der Waals surface area contributed by atoms with Crippen molar-refractivity contribution in [1.82, 2.24) is 14.9 Å². The molecule has 0 saturated carbocycles. The molecule has 4 heteroatoms. The van der Waals surface area contributed by atoms with Crippen molar-refractivity contribution in [2.45, 2.75) is 39.4 Å². The second-order valence-electron chi connectivity index (χ2n) is 5.43. The number of ether oxygens (including phenoxy) is 1. The van der Waals surface area contributed by atoms with Crippen LogP contribution in [0.4, 0.5) is 0 Å². The van der Waals surface area contributed by atoms with Crippen LogP contribution in [0.15, 0.2) is 24.3 Å². The molecule has 2 aromatic rings. The zero-order valence-corrected chi connectivity index (χ0v) is 12.2. The summed E-state index contributed by atoms with van der Waals surface area (Å²) in [6, 6.07) is 8.27. The summed E-state index contributed by atoms with van der Waals surface area (Å²) in [5.74, 6) is 1.08. The Morgan fingerprint density at radius 1 is 1.32 bits per heavy atom. The topological polar surface area (TPSA) is 39.1 Å². The van der Waals surface area contributed by atoms with Crippen LogP contribution >= 0.6 is 0 Å². The van der Waals surface area contributed by atoms with E-state index in [9.17, 15) is 0 Å². The van der Waals surface area contributed by atoms with E-state index in [0.717, 1.165) is 24.4 Å². The van der Waals surface area contributed by atoms with Gasteiger partial charge in [0, 0.05) is 19.2 Å². The number of imidazole rings is 1. The van der Waals surface area contributed by atoms with Gasteiger partial charge >= 0.3 is 0 Å². The van der Waals surface area contributed by atoms with Gasteiger partial charge in [-0.25, -0.2) is 4.98 Å². The number of hydrogen-bond acceptors (Lipinski definition) is 3. The number of nitrogens with one attached hydrogen (secondary N) is 1. The molecule has 0 atom stereocenters. The molecule has 0 unspecified atom stereocenters. The van der Waals surface area contributed by atoms with Crippen LogP contribution in [0.1, 0.15) is 26.6 Å². The molecule has 1 N–H and O–H groups in total. The molecule has 0 saturated heterocycles. The highest BCUT2D eigenvalue weighted by molar-refractivity contribution is 5.75. The van der Waals surface area contributed by atoms with E-state index < -0.39 is 0 Å². The van der Waals surface area contributed by atoms with Crippen molar-refractivity contribution >= 4 is 11.0 Å². The lowest BCUT2D eigenvalue weighted by Crippen LogP contribution is -2.43. The van der Waals surface area contributed by atoms with Crippen molar-refractivity contribution in [2.24, 2.45) is 0 Å². The van der Waals surface area contributed by atoms with Crippen molar-refractivity contribution in [2.75, 3.05) is 13.7 Å². The molecule has 1 aromatic heterocycles. The summed E-state index contributed by atoms with van der Waals surface area (Å²) in [4.78, 5) is 4.71. The van der Waals surface area contributed by atoms with Crippen LogP contribution in [0.5, 0.6) is 0 Å². The smallest absolute Gasteiger partial charge is 0.123 e. The first-order valence-corrected chi connectivity index (χ1v) is 6.75. The van der Waals surface area contributed by atoms with Gasteiger partial charge in [-0.2, -0.15) is 0 Å². The number of para-hydroxylation sites is 2. The Labute approximate surface area is 114 Å². The minimum atomic E-state index is -0.0501. The fourth-order valence-electron chi connectivity index (χ4n) is 2.34. The predicted molar refractivity (Wildman–Crippen MR) is 78.2 cm³/mol. The first-order chi connectivity index (χ1) is 9.07. The van der Waals surface area contributed by atoms with Crippen LogP contribution in [0.3, 0.4) is 0 Å². The van der Waals surface area contributed by atoms with Crippen molar-refractivity contribution in [3.63, 3.8) is 0 Å². The maximum absolute atomic E-state index is 5.22. The summed E-state index contributed by atoms with van der Waals surface area (Å²) >= 11 is 0. The molecule has 0 aliphatic rings. The van der Waals surface area contributed by atoms with E-state index >= 15 is 0 Å². The molecule has 1 heterocycles. The van der Waals surface area contributed by atoms with Crippen LogP contribution < -0.4 is 5.32 Å². The van der Waals surface area contributed by atoms with E-state index in [1.165, 1.54) is 5.52 Å². The summed E-state index contributed by atoms with van der Waals surface area (Å²) in [6.45, 7) is 8.78. The fraction of sp³-hybridized carbons (Fsp3) is 0.533. The van der Waals surface area contributed by atoms with Gasteiger partial charge in [0.15, 0.2) is 0 Å². The molecular weight excluding hydrogens is 238 g/mol. The summed E-state index contributed by atoms with van der Waals surface area (Å²) in [5, 5.41) is 3.50. The van der Waals surface area contributed by atoms with E-state index in [1.54, 1.807) is 7.11 Å². The fourth-order valence-corrected chi connectivity index (χ4v) is 2.34. The lowest BCUT2D eigenvalue weighted by molar-refractivity contribution is 0.127. The second kappa shape index (κ2) is 5.72. The van der Waals surface area contributed by atoms with E-state index in [1.807, 2.05) is 6.07 Å². The van der Waals surface area contributed by atoms with Crippen molar-refractivity contribution < 1.29 is 4.74 Å². The Balaban J connectivity index is 2.21. The number of nitrogens with zero attached hydrogens (tertiary/aromatic N) is 2. The van der Waals surface area contributed by atoms with Gasteiger partial charge in [0.1, 0.15) is 5.82 Å². The largest absolute Gasteiger partial charge is 0.383 e. The average molecular weight is 261 g/mol. The lowest BCUT2D eigenvalue weighted by Gasteiger charge is -2.25. The minimum Gasteiger partial charge on any atom is -0.383 e. The van der Waals surface area contributed by atoms with E-state index in [2.05, 4.69) is 48.9 Å². The molecule has 0 fully saturated rings. The summed E-state index contributed by atoms with van der Waals surface area (Å²) < 4.78 is 7.48. The molecule has 1 aromatic carbocycles. The number of fused-ring (bicyclic) bond motifs is 1. The van der Waals surface area contributed by atoms with Gasteiger partial charge in [-0.1, -0.05) is 12.1 Å². The quantitative estimate of drug-likeness (QED) is 0.868. The number of aromatic nitrogens is 2. The van der Waals surface area contributed by atoms with Gasteiger partial charge in [0.05, 0.1) is 24.2 Å². The first-order valence-electron chi connectivity index (χ1n) is 6.75. The third-order valence-electron chi connectivity index (χ3n) is 3.28. The highest BCUT2D eigenvalue weighted by Gasteiger charge is 2.18. The zero-order chi connectivity index (χ0) is 13.9. The van der Waals surface area contributed by atoms with Gasteiger partial charge in [0.25, 0.3) is 0 Å². The Hall–Kier alpha value is -1.39. The van der Waals surface area contributed by atoms with Crippen LogP contribution in [0, 0.1) is 0 Å².